The Labute approximate surface area is 64.2 Å². The third-order valence-electron chi connectivity index (χ3n) is 1.85. The number of hydrogen-bond acceptors (Lipinski definition) is 1. The van der Waals surface area contributed by atoms with Crippen LogP contribution in [0.4, 0.5) is 0 Å². The molecule has 50 valence electrons. The van der Waals surface area contributed by atoms with E-state index in [1.54, 1.807) is 0 Å². The van der Waals surface area contributed by atoms with Gasteiger partial charge in [0.1, 0.15) is 0 Å². The second kappa shape index (κ2) is 3.22. The average molecular weight is 188 g/mol. The van der Waals surface area contributed by atoms with Crippen LogP contribution in [-0.4, -0.2) is 4.83 Å². The fourth-order valence-electron chi connectivity index (χ4n) is 1.23. The summed E-state index contributed by atoms with van der Waals surface area (Å²) in [4.78, 5) is 0.469. The van der Waals surface area contributed by atoms with Gasteiger partial charge in [0.25, 0.3) is 0 Å². The first-order valence-corrected chi connectivity index (χ1v) is 4.30. The van der Waals surface area contributed by atoms with Crippen LogP contribution in [0.1, 0.15) is 25.7 Å². The fraction of sp³-hybridized carbons (Fsp3) is 0.857. The first kappa shape index (κ1) is 7.08. The highest BCUT2D eigenvalue weighted by Gasteiger charge is 2.21. The zero-order valence-electron chi connectivity index (χ0n) is 5.31. The fourth-order valence-corrected chi connectivity index (χ4v) is 1.94. The van der Waals surface area contributed by atoms with Crippen molar-refractivity contribution in [3.63, 3.8) is 0 Å². The SMILES string of the molecule is N#CC1CCCCC1Br. The summed E-state index contributed by atoms with van der Waals surface area (Å²) < 4.78 is 0. The van der Waals surface area contributed by atoms with Crippen molar-refractivity contribution in [2.45, 2.75) is 30.5 Å². The van der Waals surface area contributed by atoms with Crippen LogP contribution in [0.3, 0.4) is 0 Å². The van der Waals surface area contributed by atoms with Crippen molar-refractivity contribution in [2.75, 3.05) is 0 Å². The van der Waals surface area contributed by atoms with Gasteiger partial charge in [-0.1, -0.05) is 28.8 Å². The summed E-state index contributed by atoms with van der Waals surface area (Å²) in [6, 6.07) is 2.31. The molecule has 0 saturated heterocycles. The van der Waals surface area contributed by atoms with E-state index in [1.165, 1.54) is 19.3 Å². The van der Waals surface area contributed by atoms with Gasteiger partial charge >= 0.3 is 0 Å². The van der Waals surface area contributed by atoms with E-state index in [0.717, 1.165) is 6.42 Å². The molecule has 1 aliphatic carbocycles. The van der Waals surface area contributed by atoms with E-state index >= 15 is 0 Å². The molecule has 0 N–H and O–H groups in total. The lowest BCUT2D eigenvalue weighted by Gasteiger charge is -2.20. The molecule has 0 aromatic rings. The third-order valence-corrected chi connectivity index (χ3v) is 2.94. The molecule has 0 spiro atoms. The van der Waals surface area contributed by atoms with Gasteiger partial charge in [-0.3, -0.25) is 0 Å². The molecule has 2 heteroatoms. The summed E-state index contributed by atoms with van der Waals surface area (Å²) in [5.74, 6) is 0.277. The molecule has 1 aliphatic rings. The smallest absolute Gasteiger partial charge is 0.0667 e. The quantitative estimate of drug-likeness (QED) is 0.535. The van der Waals surface area contributed by atoms with E-state index in [0.29, 0.717) is 4.83 Å². The molecule has 1 fully saturated rings. The van der Waals surface area contributed by atoms with Crippen LogP contribution in [0.15, 0.2) is 0 Å². The summed E-state index contributed by atoms with van der Waals surface area (Å²) in [5, 5.41) is 8.58. The Bertz CT molecular complexity index is 127. The molecule has 9 heavy (non-hydrogen) atoms. The molecule has 0 radical (unpaired) electrons. The Balaban J connectivity index is 2.41. The normalized spacial score (nSPS) is 35.6. The summed E-state index contributed by atoms with van der Waals surface area (Å²) in [5.41, 5.74) is 0. The van der Waals surface area contributed by atoms with Gasteiger partial charge in [-0.2, -0.15) is 5.26 Å². The van der Waals surface area contributed by atoms with Crippen molar-refractivity contribution in [2.24, 2.45) is 5.92 Å². The molecule has 0 aromatic heterocycles. The summed E-state index contributed by atoms with van der Waals surface area (Å²) in [7, 11) is 0. The van der Waals surface area contributed by atoms with Crippen LogP contribution in [0.2, 0.25) is 0 Å². The lowest BCUT2D eigenvalue weighted by molar-refractivity contribution is 0.445. The monoisotopic (exact) mass is 187 g/mol. The molecule has 2 unspecified atom stereocenters. The van der Waals surface area contributed by atoms with Crippen LogP contribution >= 0.6 is 15.9 Å². The predicted molar refractivity (Wildman–Crippen MR) is 40.3 cm³/mol. The van der Waals surface area contributed by atoms with Crippen molar-refractivity contribution in [1.82, 2.24) is 0 Å². The average Bonchev–Trinajstić information content (AvgIpc) is 1.89. The number of rotatable bonds is 0. The molecule has 2 atom stereocenters. The molecular formula is C7H10BrN. The molecule has 0 heterocycles. The van der Waals surface area contributed by atoms with Gasteiger partial charge in [0, 0.05) is 4.83 Å². The number of halogens is 1. The minimum atomic E-state index is 0.277. The highest BCUT2D eigenvalue weighted by Crippen LogP contribution is 2.28. The second-order valence-electron chi connectivity index (χ2n) is 2.54. The standard InChI is InChI=1S/C7H10BrN/c8-7-4-2-1-3-6(7)5-9/h6-7H,1-4H2. The highest BCUT2D eigenvalue weighted by atomic mass is 79.9. The number of nitrogens with zero attached hydrogens (tertiary/aromatic N) is 1. The molecule has 0 aromatic carbocycles. The third kappa shape index (κ3) is 1.69. The van der Waals surface area contributed by atoms with E-state index in [9.17, 15) is 0 Å². The Morgan fingerprint density at radius 3 is 2.44 bits per heavy atom. The Morgan fingerprint density at radius 1 is 1.33 bits per heavy atom. The summed E-state index contributed by atoms with van der Waals surface area (Å²) >= 11 is 3.49. The topological polar surface area (TPSA) is 23.8 Å². The predicted octanol–water partition coefficient (Wildman–Crippen LogP) is 2.46. The summed E-state index contributed by atoms with van der Waals surface area (Å²) in [6.45, 7) is 0. The number of nitriles is 1. The van der Waals surface area contributed by atoms with Crippen molar-refractivity contribution < 1.29 is 0 Å². The van der Waals surface area contributed by atoms with E-state index in [4.69, 9.17) is 5.26 Å². The molecule has 1 saturated carbocycles. The van der Waals surface area contributed by atoms with Crippen LogP contribution in [0.5, 0.6) is 0 Å². The van der Waals surface area contributed by atoms with Crippen molar-refractivity contribution in [3.05, 3.63) is 0 Å². The molecule has 0 amide bonds. The Morgan fingerprint density at radius 2 is 2.00 bits per heavy atom. The van der Waals surface area contributed by atoms with Crippen LogP contribution < -0.4 is 0 Å². The van der Waals surface area contributed by atoms with Crippen LogP contribution in [-0.2, 0) is 0 Å². The minimum Gasteiger partial charge on any atom is -0.198 e. The maximum atomic E-state index is 8.58. The van der Waals surface area contributed by atoms with Gasteiger partial charge in [-0.05, 0) is 12.8 Å². The van der Waals surface area contributed by atoms with Gasteiger partial charge in [0.15, 0.2) is 0 Å². The molecule has 1 rings (SSSR count). The first-order chi connectivity index (χ1) is 4.34. The van der Waals surface area contributed by atoms with Crippen molar-refractivity contribution in [3.8, 4) is 6.07 Å². The zero-order chi connectivity index (χ0) is 6.69. The largest absolute Gasteiger partial charge is 0.198 e. The van der Waals surface area contributed by atoms with Gasteiger partial charge in [-0.15, -0.1) is 0 Å². The molecule has 0 bridgehead atoms. The van der Waals surface area contributed by atoms with Crippen LogP contribution in [0.25, 0.3) is 0 Å². The van der Waals surface area contributed by atoms with Crippen molar-refractivity contribution in [1.29, 1.82) is 5.26 Å². The Hall–Kier alpha value is -0.0300. The van der Waals surface area contributed by atoms with E-state index in [2.05, 4.69) is 22.0 Å². The van der Waals surface area contributed by atoms with Gasteiger partial charge in [0.05, 0.1) is 12.0 Å². The number of hydrogen-bond donors (Lipinski definition) is 0. The maximum absolute atomic E-state index is 8.58. The van der Waals surface area contributed by atoms with Crippen molar-refractivity contribution >= 4 is 15.9 Å². The van der Waals surface area contributed by atoms with E-state index < -0.39 is 0 Å². The van der Waals surface area contributed by atoms with E-state index in [-0.39, 0.29) is 5.92 Å². The second-order valence-corrected chi connectivity index (χ2v) is 3.71. The maximum Gasteiger partial charge on any atom is 0.0667 e. The van der Waals surface area contributed by atoms with Gasteiger partial charge in [0.2, 0.25) is 0 Å². The molecule has 1 nitrogen and oxygen atoms in total. The van der Waals surface area contributed by atoms with E-state index in [1.807, 2.05) is 0 Å². The zero-order valence-corrected chi connectivity index (χ0v) is 6.89. The number of alkyl halides is 1. The lowest BCUT2D eigenvalue weighted by Crippen LogP contribution is -2.16. The summed E-state index contributed by atoms with van der Waals surface area (Å²) in [6.07, 6.45) is 4.79. The molecular weight excluding hydrogens is 178 g/mol. The molecule has 0 aliphatic heterocycles. The van der Waals surface area contributed by atoms with Crippen LogP contribution in [0, 0.1) is 17.2 Å². The Kier molecular flexibility index (Phi) is 2.53. The minimum absolute atomic E-state index is 0.277. The first-order valence-electron chi connectivity index (χ1n) is 3.38. The lowest BCUT2D eigenvalue weighted by atomic mass is 9.90. The van der Waals surface area contributed by atoms with Gasteiger partial charge in [-0.25, -0.2) is 0 Å². The highest BCUT2D eigenvalue weighted by molar-refractivity contribution is 9.09. The van der Waals surface area contributed by atoms with Gasteiger partial charge < -0.3 is 0 Å².